The Balaban J connectivity index is 0.000000273. The van der Waals surface area contributed by atoms with Crippen molar-refractivity contribution in [3.63, 3.8) is 0 Å². The zero-order valence-electron chi connectivity index (χ0n) is 67.8. The Morgan fingerprint density at radius 1 is 0.587 bits per heavy atom. The number of amides is 2. The van der Waals surface area contributed by atoms with Crippen LogP contribution in [0.4, 0.5) is 14.4 Å². The molecule has 0 aromatic heterocycles. The minimum Gasteiger partial charge on any atom is -0.481 e. The van der Waals surface area contributed by atoms with Gasteiger partial charge in [0.25, 0.3) is 0 Å². The Labute approximate surface area is 669 Å². The van der Waals surface area contributed by atoms with Crippen molar-refractivity contribution in [1.82, 2.24) is 14.9 Å². The summed E-state index contributed by atoms with van der Waals surface area (Å²) in [6.07, 6.45) is 7.89. The monoisotopic (exact) mass is 1610 g/mol. The molecule has 109 heavy (non-hydrogen) atoms. The summed E-state index contributed by atoms with van der Waals surface area (Å²) in [6.45, 7) is 45.0. The van der Waals surface area contributed by atoms with Crippen molar-refractivity contribution in [3.8, 4) is 0 Å². The maximum Gasteiger partial charge on any atom is 0.481 e. The second-order valence-corrected chi connectivity index (χ2v) is 47.2. The topological polar surface area (TPSA) is 262 Å². The normalized spacial score (nSPS) is 25.7. The second-order valence-electron chi connectivity index (χ2n) is 36.0. The van der Waals surface area contributed by atoms with Crippen molar-refractivity contribution in [1.29, 1.82) is 0 Å². The Hall–Kier alpha value is -4.70. The number of hydrogen-bond acceptors (Lipinski definition) is 18. The van der Waals surface area contributed by atoms with E-state index in [0.717, 1.165) is 48.3 Å². The first-order valence-corrected chi connectivity index (χ1v) is 46.9. The molecule has 6 saturated carbocycles. The molecule has 0 unspecified atom stereocenters. The van der Waals surface area contributed by atoms with E-state index in [-0.39, 0.29) is 111 Å². The van der Waals surface area contributed by atoms with Crippen LogP contribution in [0.25, 0.3) is 0 Å². The zero-order valence-corrected chi connectivity index (χ0v) is 72.1. The lowest BCUT2D eigenvalue weighted by atomic mass is 9.43. The molecular formula is C80H129B3Cl3N3O18Si2. The van der Waals surface area contributed by atoms with Gasteiger partial charge in [0.05, 0.1) is 53.2 Å². The van der Waals surface area contributed by atoms with Gasteiger partial charge in [-0.1, -0.05) is 179 Å². The lowest BCUT2D eigenvalue weighted by Crippen LogP contribution is -2.67. The molecule has 29 heteroatoms. The summed E-state index contributed by atoms with van der Waals surface area (Å²) < 4.78 is 61.3. The molecule has 14 atom stereocenters. The summed E-state index contributed by atoms with van der Waals surface area (Å²) in [7, 11) is -5.28. The number of benzene rings is 3. The van der Waals surface area contributed by atoms with Gasteiger partial charge in [0, 0.05) is 30.4 Å². The van der Waals surface area contributed by atoms with Crippen molar-refractivity contribution < 1.29 is 85.9 Å². The number of aliphatic carboxylic acids is 1. The molecule has 3 heterocycles. The fraction of sp³-hybridized carbons (Fsp3) is 0.700. The van der Waals surface area contributed by atoms with Crippen LogP contribution >= 0.6 is 34.8 Å². The van der Waals surface area contributed by atoms with Crippen molar-refractivity contribution in [2.75, 3.05) is 5.34 Å². The minimum absolute atomic E-state index is 0. The van der Waals surface area contributed by atoms with Crippen LogP contribution in [0.2, 0.25) is 39.3 Å². The van der Waals surface area contributed by atoms with Gasteiger partial charge in [-0.3, -0.25) is 14.4 Å². The zero-order chi connectivity index (χ0) is 80.5. The molecule has 3 aromatic carbocycles. The summed E-state index contributed by atoms with van der Waals surface area (Å²) in [5.74, 6) is 0.730. The molecule has 4 N–H and O–H groups in total. The number of alkyl halides is 2. The van der Waals surface area contributed by atoms with Crippen LogP contribution in [0.3, 0.4) is 0 Å². The third kappa shape index (κ3) is 28.4. The van der Waals surface area contributed by atoms with E-state index in [1.54, 1.807) is 0 Å². The summed E-state index contributed by atoms with van der Waals surface area (Å²) in [5, 5.41) is 24.2. The van der Waals surface area contributed by atoms with E-state index in [0.29, 0.717) is 61.7 Å². The summed E-state index contributed by atoms with van der Waals surface area (Å²) in [6, 6.07) is 28.2. The molecule has 3 aliphatic heterocycles. The third-order valence-corrected chi connectivity index (χ3v) is 29.9. The average Bonchev–Trinajstić information content (AvgIpc) is 1.61. The SMILES string of the molecule is C.C[C@@H](CC[C@@H](B1O[C@@H]2C[C@@H]3C[C@@H](C3(C)C)[C@]2(C)O1)N([Si](C)(C)C)[Si](C)(C)C)CC(=O)OC(C)(C)C.C[C@@H](CC[C@H](NC(=O)OCc1ccccc1)B1O[C@@H]2C[C@@H]3C[C@@H](C3(C)C)[C@]2(C)O1)CC(=O)OC(C)(C)C.ClCCl.O=C(Cl)OCc1ccccc1.O=C(O)C[C@@H]1CC[C@H](NC(=O)OCc2ccccc2)B(O)O1. The number of carboxylic acids is 1. The molecule has 12 rings (SSSR count). The van der Waals surface area contributed by atoms with Gasteiger partial charge in [-0.15, -0.1) is 23.2 Å². The highest BCUT2D eigenvalue weighted by molar-refractivity contribution is 6.90. The highest BCUT2D eigenvalue weighted by Crippen LogP contribution is 2.67. The van der Waals surface area contributed by atoms with E-state index >= 15 is 0 Å². The summed E-state index contributed by atoms with van der Waals surface area (Å²) in [4.78, 5) is 70.1. The van der Waals surface area contributed by atoms with Crippen LogP contribution in [0, 0.1) is 46.3 Å². The largest absolute Gasteiger partial charge is 0.481 e. The summed E-state index contributed by atoms with van der Waals surface area (Å²) in [5.41, 5.74) is 1.05. The lowest BCUT2D eigenvalue weighted by molar-refractivity contribution is -0.199. The maximum absolute atomic E-state index is 12.8. The predicted octanol–water partition coefficient (Wildman–Crippen LogP) is 18.0. The van der Waals surface area contributed by atoms with E-state index in [1.165, 1.54) is 12.8 Å². The fourth-order valence-corrected chi connectivity index (χ4v) is 27.8. The molecule has 610 valence electrons. The fourth-order valence-electron chi connectivity index (χ4n) is 17.2. The van der Waals surface area contributed by atoms with Crippen LogP contribution in [0.1, 0.15) is 205 Å². The Kier molecular flexibility index (Phi) is 35.7. The third-order valence-electron chi connectivity index (χ3n) is 22.3. The number of nitrogens with one attached hydrogen (secondary N) is 2. The van der Waals surface area contributed by atoms with Crippen molar-refractivity contribution >= 4 is 108 Å². The van der Waals surface area contributed by atoms with E-state index in [9.17, 15) is 33.8 Å². The first-order valence-electron chi connectivity index (χ1n) is 38.6. The number of halogens is 3. The number of carbonyl (C=O) groups excluding carboxylic acids is 5. The first-order chi connectivity index (χ1) is 50.2. The van der Waals surface area contributed by atoms with Gasteiger partial charge in [0.2, 0.25) is 0 Å². The average molecular weight is 1620 g/mol. The molecule has 21 nitrogen and oxygen atoms in total. The molecule has 0 radical (unpaired) electrons. The van der Waals surface area contributed by atoms with Gasteiger partial charge < -0.3 is 72.0 Å². The van der Waals surface area contributed by atoms with Crippen LogP contribution < -0.4 is 10.6 Å². The number of carbonyl (C=O) groups is 6. The van der Waals surface area contributed by atoms with Crippen molar-refractivity contribution in [3.05, 3.63) is 108 Å². The molecule has 9 aliphatic rings. The van der Waals surface area contributed by atoms with Crippen LogP contribution in [0.15, 0.2) is 91.0 Å². The Morgan fingerprint density at radius 2 is 0.982 bits per heavy atom. The number of rotatable bonds is 25. The van der Waals surface area contributed by atoms with Crippen LogP contribution in [-0.2, 0) is 81.2 Å². The van der Waals surface area contributed by atoms with E-state index in [4.69, 9.17) is 82.1 Å². The van der Waals surface area contributed by atoms with Gasteiger partial charge in [0.15, 0.2) is 0 Å². The molecule has 2 amide bonds. The highest BCUT2D eigenvalue weighted by atomic mass is 35.5. The number of ether oxygens (including phenoxy) is 5. The molecule has 4 bridgehead atoms. The quantitative estimate of drug-likeness (QED) is 0.0202. The number of alkyl carbamates (subject to hydrolysis) is 2. The van der Waals surface area contributed by atoms with E-state index in [1.807, 2.05) is 139 Å². The molecule has 3 saturated heterocycles. The van der Waals surface area contributed by atoms with E-state index < -0.39 is 77.5 Å². The van der Waals surface area contributed by atoms with Crippen molar-refractivity contribution in [2.45, 2.75) is 305 Å². The molecule has 9 fully saturated rings. The van der Waals surface area contributed by atoms with Gasteiger partial charge in [0.1, 0.15) is 47.5 Å². The summed E-state index contributed by atoms with van der Waals surface area (Å²) >= 11 is 14.5. The van der Waals surface area contributed by atoms with Crippen molar-refractivity contribution in [2.24, 2.45) is 46.3 Å². The van der Waals surface area contributed by atoms with Crippen LogP contribution in [-0.4, -0.2) is 152 Å². The van der Waals surface area contributed by atoms with E-state index in [2.05, 4.69) is 107 Å². The van der Waals surface area contributed by atoms with Gasteiger partial charge in [-0.2, -0.15) is 0 Å². The van der Waals surface area contributed by atoms with Gasteiger partial charge in [-0.25, -0.2) is 14.4 Å². The van der Waals surface area contributed by atoms with Crippen LogP contribution in [0.5, 0.6) is 0 Å². The highest BCUT2D eigenvalue weighted by Gasteiger charge is 2.70. The number of nitrogens with zero attached hydrogens (tertiary/aromatic N) is 1. The maximum atomic E-state index is 12.8. The molecular weight excluding hydrogens is 1490 g/mol. The standard InChI is InChI=1S/C29H44BNO6.C27H54BNO4Si2.C14H18BNO6.C8H7ClO2.CH2Cl2.CH4/c1-19(15-25(32)35-27(2,3)4)13-14-24(31-26(33)34-18-20-11-9-8-10-12-20)30-36-23-17-21-16-22(28(21,5)6)29(23,7)37-30;1-19(16-24(30)31-25(2,3)4)14-15-23(29(34(8,9)10)35(11,12)13)28-32-22-18-20-17-21(26(20,5)6)27(22,7)33-28;17-13(18)8-11-6-7-12(15(20)22-11)16-14(19)21-9-10-4-2-1-3-5-10;9-8(10)11-6-7-4-2-1-3-5-7;2-1-3;/h8-12,19,21-24H,13-18H2,1-7H3,(H,31,33);19-23H,14-18H2,1-13H3;1-5,11-12,20H,6-9H2,(H,16,19)(H,17,18);1-5H,6H2;1H2;1H4/t19-,21-,22-,23+,24-,29-;19-,20-,21-,22+,23-,27-;11-,12-;;;/m000.../s1. The molecule has 0 spiro atoms. The first kappa shape index (κ1) is 94.9. The number of esters is 2. The second kappa shape index (κ2) is 41.0. The van der Waals surface area contributed by atoms with Gasteiger partial charge in [-0.05, 0) is 183 Å². The number of carboxylic acid groups (broad SMARTS) is 1. The Bertz CT molecular complexity index is 3340. The molecule has 3 aromatic rings. The van der Waals surface area contributed by atoms with Gasteiger partial charge >= 0.3 is 56.9 Å². The smallest absolute Gasteiger partial charge is 0.481 e. The minimum atomic E-state index is -1.65. The molecule has 6 aliphatic carbocycles. The predicted molar refractivity (Wildman–Crippen MR) is 437 cm³/mol. The lowest BCUT2D eigenvalue weighted by Gasteiger charge is -2.64. The number of hydrogen-bond donors (Lipinski definition) is 4. The Morgan fingerprint density at radius 3 is 1.37 bits per heavy atom.